The molecule has 4 rings (SSSR count). The molecule has 6 nitrogen and oxygen atoms in total. The van der Waals surface area contributed by atoms with Gasteiger partial charge in [0.25, 0.3) is 0 Å². The maximum Gasteiger partial charge on any atom is 0.225 e. The van der Waals surface area contributed by atoms with Crippen molar-refractivity contribution < 1.29 is 0 Å². The minimum atomic E-state index is 0.396. The Morgan fingerprint density at radius 3 is 2.49 bits per heavy atom. The summed E-state index contributed by atoms with van der Waals surface area (Å²) in [5, 5.41) is 12.3. The molecule has 0 unspecified atom stereocenters. The van der Waals surface area contributed by atoms with E-state index in [4.69, 9.17) is 22.2 Å². The van der Waals surface area contributed by atoms with E-state index in [1.165, 1.54) is 11.1 Å². The normalized spacial score (nSPS) is 17.9. The van der Waals surface area contributed by atoms with E-state index in [1.54, 1.807) is 0 Å². The quantitative estimate of drug-likeness (QED) is 0.347. The standard InChI is InChI=1S/C28H38N6S/c1-18(2)22-11-8-9-19(3)25(22)32-28(35)29-17-20-13-15-21(16-14-20)30-27-31-24-12-7-6-10-23(24)26(33-27)34(4)5/h6-12,18,20-21H,13-17H2,1-5H3,(H2,29,32,35)(H,30,31,33). The fourth-order valence-corrected chi connectivity index (χ4v) is 5.08. The van der Waals surface area contributed by atoms with Crippen LogP contribution in [0, 0.1) is 12.8 Å². The fourth-order valence-electron chi connectivity index (χ4n) is 4.90. The van der Waals surface area contributed by atoms with Gasteiger partial charge in [-0.1, -0.05) is 44.2 Å². The SMILES string of the molecule is Cc1cccc(C(C)C)c1NC(=S)NCC1CCC(Nc2nc(N(C)C)c3ccccc3n2)CC1. The lowest BCUT2D eigenvalue weighted by molar-refractivity contribution is 0.336. The molecular formula is C28H38N6S. The summed E-state index contributed by atoms with van der Waals surface area (Å²) >= 11 is 5.64. The molecule has 0 bridgehead atoms. The zero-order chi connectivity index (χ0) is 24.9. The molecule has 0 saturated heterocycles. The first-order valence-corrected chi connectivity index (χ1v) is 13.1. The first-order valence-electron chi connectivity index (χ1n) is 12.7. The van der Waals surface area contributed by atoms with Gasteiger partial charge in [0.15, 0.2) is 5.11 Å². The number of fused-ring (bicyclic) bond motifs is 1. The van der Waals surface area contributed by atoms with E-state index in [-0.39, 0.29) is 0 Å². The molecule has 7 heteroatoms. The van der Waals surface area contributed by atoms with Crippen LogP contribution in [0.4, 0.5) is 17.5 Å². The van der Waals surface area contributed by atoms with Gasteiger partial charge in [-0.2, -0.15) is 4.98 Å². The molecule has 0 atom stereocenters. The molecule has 2 aromatic carbocycles. The van der Waals surface area contributed by atoms with Crippen LogP contribution < -0.4 is 20.9 Å². The van der Waals surface area contributed by atoms with Crippen LogP contribution in [-0.2, 0) is 0 Å². The number of hydrogen-bond acceptors (Lipinski definition) is 5. The highest BCUT2D eigenvalue weighted by atomic mass is 32.1. The van der Waals surface area contributed by atoms with Gasteiger partial charge in [0.2, 0.25) is 5.95 Å². The summed E-state index contributed by atoms with van der Waals surface area (Å²) in [5.41, 5.74) is 4.64. The summed E-state index contributed by atoms with van der Waals surface area (Å²) in [4.78, 5) is 11.6. The number of nitrogens with one attached hydrogen (secondary N) is 3. The monoisotopic (exact) mass is 490 g/mol. The van der Waals surface area contributed by atoms with Crippen LogP contribution in [0.1, 0.15) is 56.6 Å². The lowest BCUT2D eigenvalue weighted by atomic mass is 9.86. The number of benzene rings is 2. The second-order valence-corrected chi connectivity index (χ2v) is 10.6. The van der Waals surface area contributed by atoms with Crippen molar-refractivity contribution in [2.45, 2.75) is 58.4 Å². The van der Waals surface area contributed by atoms with Crippen molar-refractivity contribution >= 4 is 45.7 Å². The Balaban J connectivity index is 1.29. The number of aromatic nitrogens is 2. The molecule has 0 spiro atoms. The summed E-state index contributed by atoms with van der Waals surface area (Å²) < 4.78 is 0. The maximum absolute atomic E-state index is 5.64. The van der Waals surface area contributed by atoms with E-state index >= 15 is 0 Å². The molecule has 1 aliphatic rings. The molecule has 3 aromatic rings. The maximum atomic E-state index is 5.64. The summed E-state index contributed by atoms with van der Waals surface area (Å²) in [6.45, 7) is 7.46. The van der Waals surface area contributed by atoms with E-state index in [0.29, 0.717) is 23.0 Å². The lowest BCUT2D eigenvalue weighted by Gasteiger charge is -2.30. The highest BCUT2D eigenvalue weighted by molar-refractivity contribution is 7.80. The van der Waals surface area contributed by atoms with Gasteiger partial charge >= 0.3 is 0 Å². The number of thiocarbonyl (C=S) groups is 1. The van der Waals surface area contributed by atoms with Crippen LogP contribution >= 0.6 is 12.2 Å². The summed E-state index contributed by atoms with van der Waals surface area (Å²) in [6, 6.07) is 15.0. The zero-order valence-corrected chi connectivity index (χ0v) is 22.4. The number of rotatable bonds is 7. The lowest BCUT2D eigenvalue weighted by Crippen LogP contribution is -2.36. The van der Waals surface area contributed by atoms with E-state index in [9.17, 15) is 0 Å². The number of para-hydroxylation sites is 2. The topological polar surface area (TPSA) is 65.1 Å². The predicted octanol–water partition coefficient (Wildman–Crippen LogP) is 6.08. The van der Waals surface area contributed by atoms with Gasteiger partial charge in [-0.3, -0.25) is 0 Å². The molecule has 1 aliphatic carbocycles. The van der Waals surface area contributed by atoms with Gasteiger partial charge in [0.05, 0.1) is 5.52 Å². The minimum Gasteiger partial charge on any atom is -0.362 e. The highest BCUT2D eigenvalue weighted by Gasteiger charge is 2.22. The molecule has 35 heavy (non-hydrogen) atoms. The second-order valence-electron chi connectivity index (χ2n) is 10.2. The Labute approximate surface area is 214 Å². The molecule has 1 fully saturated rings. The van der Waals surface area contributed by atoms with Crippen molar-refractivity contribution in [2.24, 2.45) is 5.92 Å². The van der Waals surface area contributed by atoms with Gasteiger partial charge in [-0.25, -0.2) is 4.98 Å². The predicted molar refractivity (Wildman–Crippen MR) is 153 cm³/mol. The van der Waals surface area contributed by atoms with Crippen LogP contribution in [0.25, 0.3) is 10.9 Å². The van der Waals surface area contributed by atoms with Crippen LogP contribution in [0.15, 0.2) is 42.5 Å². The molecular weight excluding hydrogens is 452 g/mol. The van der Waals surface area contributed by atoms with Crippen molar-refractivity contribution in [1.82, 2.24) is 15.3 Å². The van der Waals surface area contributed by atoms with Crippen molar-refractivity contribution in [3.05, 3.63) is 53.6 Å². The van der Waals surface area contributed by atoms with Crippen LogP contribution in [0.5, 0.6) is 0 Å². The van der Waals surface area contributed by atoms with E-state index < -0.39 is 0 Å². The summed E-state index contributed by atoms with van der Waals surface area (Å²) in [7, 11) is 4.05. The number of nitrogens with zero attached hydrogens (tertiary/aromatic N) is 3. The van der Waals surface area contributed by atoms with E-state index in [2.05, 4.69) is 72.0 Å². The first kappa shape index (κ1) is 25.2. The Morgan fingerprint density at radius 1 is 1.03 bits per heavy atom. The van der Waals surface area contributed by atoms with Crippen molar-refractivity contribution in [3.8, 4) is 0 Å². The van der Waals surface area contributed by atoms with Crippen molar-refractivity contribution in [1.29, 1.82) is 0 Å². The van der Waals surface area contributed by atoms with Gasteiger partial charge in [-0.15, -0.1) is 0 Å². The van der Waals surface area contributed by atoms with Crippen molar-refractivity contribution in [3.63, 3.8) is 0 Å². The highest BCUT2D eigenvalue weighted by Crippen LogP contribution is 2.29. The van der Waals surface area contributed by atoms with Crippen LogP contribution in [0.3, 0.4) is 0 Å². The van der Waals surface area contributed by atoms with Crippen LogP contribution in [0.2, 0.25) is 0 Å². The third-order valence-electron chi connectivity index (χ3n) is 6.90. The van der Waals surface area contributed by atoms with Gasteiger partial charge in [-0.05, 0) is 79.9 Å². The Morgan fingerprint density at radius 2 is 1.77 bits per heavy atom. The molecule has 1 aromatic heterocycles. The number of hydrogen-bond donors (Lipinski definition) is 3. The van der Waals surface area contributed by atoms with Gasteiger partial charge in [0.1, 0.15) is 5.82 Å². The third-order valence-corrected chi connectivity index (χ3v) is 7.15. The molecule has 1 saturated carbocycles. The van der Waals surface area contributed by atoms with Gasteiger partial charge in [0, 0.05) is 37.8 Å². The second kappa shape index (κ2) is 11.2. The molecule has 0 amide bonds. The smallest absolute Gasteiger partial charge is 0.225 e. The molecule has 0 radical (unpaired) electrons. The average Bonchev–Trinajstić information content (AvgIpc) is 2.84. The summed E-state index contributed by atoms with van der Waals surface area (Å²) in [6.07, 6.45) is 4.52. The number of aryl methyl sites for hydroxylation is 1. The van der Waals surface area contributed by atoms with E-state index in [0.717, 1.165) is 60.6 Å². The molecule has 1 heterocycles. The molecule has 186 valence electrons. The average molecular weight is 491 g/mol. The van der Waals surface area contributed by atoms with E-state index in [1.807, 2.05) is 26.2 Å². The summed E-state index contributed by atoms with van der Waals surface area (Å²) in [5.74, 6) is 2.73. The minimum absolute atomic E-state index is 0.396. The van der Waals surface area contributed by atoms with Crippen molar-refractivity contribution in [2.75, 3.05) is 36.2 Å². The fraction of sp³-hybridized carbons (Fsp3) is 0.464. The first-order chi connectivity index (χ1) is 16.8. The third kappa shape index (κ3) is 6.20. The Hall–Kier alpha value is -2.93. The van der Waals surface area contributed by atoms with Crippen LogP contribution in [-0.4, -0.2) is 41.8 Å². The Kier molecular flexibility index (Phi) is 8.06. The van der Waals surface area contributed by atoms with Gasteiger partial charge < -0.3 is 20.9 Å². The molecule has 0 aliphatic heterocycles. The number of anilines is 3. The zero-order valence-electron chi connectivity index (χ0n) is 21.6. The Bertz CT molecular complexity index is 1170. The largest absolute Gasteiger partial charge is 0.362 e. The molecule has 3 N–H and O–H groups in total.